The molecule has 1 amide bonds. The lowest BCUT2D eigenvalue weighted by Crippen LogP contribution is -2.44. The Hall–Kier alpha value is -1.55. The van der Waals surface area contributed by atoms with E-state index in [4.69, 9.17) is 4.74 Å². The van der Waals surface area contributed by atoms with Gasteiger partial charge < -0.3 is 9.64 Å². The molecule has 0 radical (unpaired) electrons. The van der Waals surface area contributed by atoms with Crippen LogP contribution in [0.1, 0.15) is 39.7 Å². The van der Waals surface area contributed by atoms with Gasteiger partial charge in [0, 0.05) is 24.7 Å². The molecule has 4 heteroatoms. The topological polar surface area (TPSA) is 32.8 Å². The summed E-state index contributed by atoms with van der Waals surface area (Å²) >= 11 is 0. The predicted molar refractivity (Wildman–Crippen MR) is 93.9 cm³/mol. The lowest BCUT2D eigenvalue weighted by molar-refractivity contribution is -0.135. The number of amides is 1. The molecular formula is C19H30N2O2. The van der Waals surface area contributed by atoms with Gasteiger partial charge in [0.2, 0.25) is 5.91 Å². The van der Waals surface area contributed by atoms with E-state index in [-0.39, 0.29) is 5.91 Å². The van der Waals surface area contributed by atoms with Crippen molar-refractivity contribution in [2.24, 2.45) is 0 Å². The van der Waals surface area contributed by atoms with Crippen molar-refractivity contribution < 1.29 is 9.53 Å². The van der Waals surface area contributed by atoms with Gasteiger partial charge in [-0.25, -0.2) is 0 Å². The molecule has 1 fully saturated rings. The molecule has 1 aliphatic heterocycles. The van der Waals surface area contributed by atoms with E-state index >= 15 is 0 Å². The van der Waals surface area contributed by atoms with E-state index in [2.05, 4.69) is 18.7 Å². The van der Waals surface area contributed by atoms with Crippen LogP contribution in [0.2, 0.25) is 0 Å². The summed E-state index contributed by atoms with van der Waals surface area (Å²) in [5, 5.41) is 0. The van der Waals surface area contributed by atoms with Crippen molar-refractivity contribution in [2.45, 2.75) is 45.6 Å². The van der Waals surface area contributed by atoms with Gasteiger partial charge in [0.15, 0.2) is 0 Å². The normalized spacial score (nSPS) is 18.5. The molecule has 0 bridgehead atoms. The Balaban J connectivity index is 2.16. The first kappa shape index (κ1) is 17.8. The van der Waals surface area contributed by atoms with Gasteiger partial charge in [-0.05, 0) is 39.4 Å². The number of methoxy groups -OCH3 is 1. The number of hydrogen-bond donors (Lipinski definition) is 0. The largest absolute Gasteiger partial charge is 0.496 e. The van der Waals surface area contributed by atoms with Gasteiger partial charge in [-0.1, -0.05) is 32.0 Å². The van der Waals surface area contributed by atoms with Crippen LogP contribution in [-0.4, -0.2) is 55.0 Å². The smallest absolute Gasteiger partial charge is 0.232 e. The van der Waals surface area contributed by atoms with Crippen LogP contribution < -0.4 is 4.74 Å². The van der Waals surface area contributed by atoms with Crippen molar-refractivity contribution >= 4 is 5.91 Å². The lowest BCUT2D eigenvalue weighted by Gasteiger charge is -2.32. The van der Waals surface area contributed by atoms with Crippen molar-refractivity contribution in [1.29, 1.82) is 0 Å². The van der Waals surface area contributed by atoms with Gasteiger partial charge in [0.1, 0.15) is 5.75 Å². The fraction of sp³-hybridized carbons (Fsp3) is 0.632. The van der Waals surface area contributed by atoms with Crippen LogP contribution in [0.3, 0.4) is 0 Å². The third kappa shape index (κ3) is 3.52. The summed E-state index contributed by atoms with van der Waals surface area (Å²) in [5.41, 5.74) is 0.379. The standard InChI is InChI=1S/C19H30N2O2/c1-6-20(7-2)15-12-13-21(14-15)18(22)19(3,4)16-10-8-9-11-17(16)23-5/h8-11,15H,6-7,12-14H2,1-5H3. The molecule has 0 aliphatic carbocycles. The number of ether oxygens (including phenoxy) is 1. The van der Waals surface area contributed by atoms with Crippen LogP contribution in [0, 0.1) is 0 Å². The minimum Gasteiger partial charge on any atom is -0.496 e. The maximum absolute atomic E-state index is 13.1. The summed E-state index contributed by atoms with van der Waals surface area (Å²) in [5.74, 6) is 0.974. The maximum atomic E-state index is 13.1. The van der Waals surface area contributed by atoms with E-state index in [1.807, 2.05) is 43.0 Å². The molecule has 1 unspecified atom stereocenters. The summed E-state index contributed by atoms with van der Waals surface area (Å²) < 4.78 is 5.46. The molecule has 1 aliphatic rings. The van der Waals surface area contributed by atoms with Crippen LogP contribution in [-0.2, 0) is 10.2 Å². The Labute approximate surface area is 140 Å². The fourth-order valence-corrected chi connectivity index (χ4v) is 3.64. The van der Waals surface area contributed by atoms with Crippen molar-refractivity contribution in [3.8, 4) is 5.75 Å². The van der Waals surface area contributed by atoms with Gasteiger partial charge in [-0.2, -0.15) is 0 Å². The quantitative estimate of drug-likeness (QED) is 0.808. The fourth-order valence-electron chi connectivity index (χ4n) is 3.64. The van der Waals surface area contributed by atoms with Crippen molar-refractivity contribution in [3.63, 3.8) is 0 Å². The first-order valence-corrected chi connectivity index (χ1v) is 8.62. The Kier molecular flexibility index (Phi) is 5.69. The third-order valence-corrected chi connectivity index (χ3v) is 5.09. The first-order chi connectivity index (χ1) is 11.0. The molecule has 1 aromatic carbocycles. The minimum atomic E-state index is -0.579. The van der Waals surface area contributed by atoms with Crippen molar-refractivity contribution in [2.75, 3.05) is 33.3 Å². The molecule has 0 N–H and O–H groups in total. The molecule has 1 heterocycles. The summed E-state index contributed by atoms with van der Waals surface area (Å²) in [6.45, 7) is 12.1. The summed E-state index contributed by atoms with van der Waals surface area (Å²) in [6, 6.07) is 8.31. The van der Waals surface area contributed by atoms with Gasteiger partial charge in [0.05, 0.1) is 12.5 Å². The molecule has 0 aromatic heterocycles. The number of rotatable bonds is 6. The number of likely N-dealkylation sites (N-methyl/N-ethyl adjacent to an activating group) is 1. The lowest BCUT2D eigenvalue weighted by atomic mass is 9.82. The molecule has 1 saturated heterocycles. The number of hydrogen-bond acceptors (Lipinski definition) is 3. The number of carbonyl (C=O) groups excluding carboxylic acids is 1. The molecule has 0 spiro atoms. The highest BCUT2D eigenvalue weighted by atomic mass is 16.5. The third-order valence-electron chi connectivity index (χ3n) is 5.09. The van der Waals surface area contributed by atoms with Crippen LogP contribution in [0.25, 0.3) is 0 Å². The maximum Gasteiger partial charge on any atom is 0.232 e. The van der Waals surface area contributed by atoms with Crippen molar-refractivity contribution in [3.05, 3.63) is 29.8 Å². The summed E-state index contributed by atoms with van der Waals surface area (Å²) in [4.78, 5) is 17.6. The highest BCUT2D eigenvalue weighted by Gasteiger charge is 2.39. The first-order valence-electron chi connectivity index (χ1n) is 8.62. The van der Waals surface area contributed by atoms with E-state index in [9.17, 15) is 4.79 Å². The zero-order valence-corrected chi connectivity index (χ0v) is 15.1. The van der Waals surface area contributed by atoms with Gasteiger partial charge in [-0.15, -0.1) is 0 Å². The minimum absolute atomic E-state index is 0.191. The van der Waals surface area contributed by atoms with Crippen LogP contribution in [0.15, 0.2) is 24.3 Å². The van der Waals surface area contributed by atoms with Gasteiger partial charge in [0.25, 0.3) is 0 Å². The molecule has 128 valence electrons. The Morgan fingerprint density at radius 3 is 2.57 bits per heavy atom. The van der Waals surface area contributed by atoms with E-state index in [0.717, 1.165) is 43.9 Å². The summed E-state index contributed by atoms with van der Waals surface area (Å²) in [6.07, 6.45) is 1.06. The average Bonchev–Trinajstić information content (AvgIpc) is 3.04. The molecule has 0 saturated carbocycles. The predicted octanol–water partition coefficient (Wildman–Crippen LogP) is 2.92. The van der Waals surface area contributed by atoms with E-state index in [0.29, 0.717) is 6.04 Å². The molecular weight excluding hydrogens is 288 g/mol. The van der Waals surface area contributed by atoms with Crippen LogP contribution >= 0.6 is 0 Å². The molecule has 1 aromatic rings. The highest BCUT2D eigenvalue weighted by molar-refractivity contribution is 5.88. The van der Waals surface area contributed by atoms with E-state index in [1.165, 1.54) is 0 Å². The van der Waals surface area contributed by atoms with E-state index in [1.54, 1.807) is 7.11 Å². The molecule has 1 atom stereocenters. The SMILES string of the molecule is CCN(CC)C1CCN(C(=O)C(C)(C)c2ccccc2OC)C1. The van der Waals surface area contributed by atoms with Crippen molar-refractivity contribution in [1.82, 2.24) is 9.80 Å². The zero-order chi connectivity index (χ0) is 17.0. The second-order valence-corrected chi connectivity index (χ2v) is 6.74. The second-order valence-electron chi connectivity index (χ2n) is 6.74. The monoisotopic (exact) mass is 318 g/mol. The molecule has 4 nitrogen and oxygen atoms in total. The molecule has 2 rings (SSSR count). The zero-order valence-electron chi connectivity index (χ0n) is 15.1. The average molecular weight is 318 g/mol. The Morgan fingerprint density at radius 2 is 1.96 bits per heavy atom. The number of benzene rings is 1. The number of para-hydroxylation sites is 1. The van der Waals surface area contributed by atoms with Crippen LogP contribution in [0.4, 0.5) is 0 Å². The van der Waals surface area contributed by atoms with Gasteiger partial charge in [-0.3, -0.25) is 9.69 Å². The van der Waals surface area contributed by atoms with Crippen LogP contribution in [0.5, 0.6) is 5.75 Å². The Morgan fingerprint density at radius 1 is 1.30 bits per heavy atom. The molecule has 23 heavy (non-hydrogen) atoms. The van der Waals surface area contributed by atoms with Gasteiger partial charge >= 0.3 is 0 Å². The van der Waals surface area contributed by atoms with E-state index < -0.39 is 5.41 Å². The Bertz CT molecular complexity index is 538. The second kappa shape index (κ2) is 7.35. The number of likely N-dealkylation sites (tertiary alicyclic amines) is 1. The number of carbonyl (C=O) groups is 1. The highest BCUT2D eigenvalue weighted by Crippen LogP contribution is 2.34. The summed E-state index contributed by atoms with van der Waals surface area (Å²) in [7, 11) is 1.66. The number of nitrogens with zero attached hydrogens (tertiary/aromatic N) is 2.